The lowest BCUT2D eigenvalue weighted by atomic mass is 10.2. The van der Waals surface area contributed by atoms with Crippen LogP contribution in [0.2, 0.25) is 0 Å². The summed E-state index contributed by atoms with van der Waals surface area (Å²) < 4.78 is 1.93. The number of hydrogen-bond acceptors (Lipinski definition) is 4. The molecule has 116 valence electrons. The van der Waals surface area contributed by atoms with Gasteiger partial charge >= 0.3 is 0 Å². The average molecular weight is 312 g/mol. The molecule has 0 saturated heterocycles. The van der Waals surface area contributed by atoms with E-state index >= 15 is 0 Å². The molecule has 2 rings (SSSR count). The van der Waals surface area contributed by atoms with Crippen LogP contribution in [0.3, 0.4) is 0 Å². The van der Waals surface area contributed by atoms with E-state index < -0.39 is 0 Å². The highest BCUT2D eigenvalue weighted by molar-refractivity contribution is 5.85. The Morgan fingerprint density at radius 3 is 2.62 bits per heavy atom. The summed E-state index contributed by atoms with van der Waals surface area (Å²) in [5.74, 6) is 0.695. The number of aromatic nitrogens is 2. The second kappa shape index (κ2) is 7.22. The van der Waals surface area contributed by atoms with Crippen molar-refractivity contribution in [2.45, 2.75) is 33.9 Å². The van der Waals surface area contributed by atoms with Crippen LogP contribution in [0.1, 0.15) is 25.1 Å². The van der Waals surface area contributed by atoms with E-state index in [4.69, 9.17) is 0 Å². The van der Waals surface area contributed by atoms with Crippen LogP contribution < -0.4 is 5.32 Å². The second-order valence-corrected chi connectivity index (χ2v) is 5.41. The first-order valence-corrected chi connectivity index (χ1v) is 6.74. The van der Waals surface area contributed by atoms with Crippen LogP contribution in [-0.2, 0) is 13.1 Å². The smallest absolute Gasteiger partial charge is 0.124 e. The number of hydrogen-bond donors (Lipinski definition) is 3. The van der Waals surface area contributed by atoms with Gasteiger partial charge < -0.3 is 15.5 Å². The number of anilines is 1. The molecule has 1 aromatic carbocycles. The van der Waals surface area contributed by atoms with Gasteiger partial charge in [-0.1, -0.05) is 13.8 Å². The number of aryl methyl sites for hydroxylation is 1. The van der Waals surface area contributed by atoms with Crippen molar-refractivity contribution >= 4 is 18.1 Å². The fraction of sp³-hybridized carbons (Fsp3) is 0.400. The van der Waals surface area contributed by atoms with E-state index in [1.165, 1.54) is 6.07 Å². The zero-order valence-corrected chi connectivity index (χ0v) is 13.3. The molecule has 0 radical (unpaired) electrons. The number of nitrogens with one attached hydrogen (secondary N) is 1. The van der Waals surface area contributed by atoms with Gasteiger partial charge in [0.1, 0.15) is 11.5 Å². The minimum absolute atomic E-state index is 0. The van der Waals surface area contributed by atoms with Gasteiger partial charge in [-0.05, 0) is 25.0 Å². The molecule has 2 aromatic rings. The van der Waals surface area contributed by atoms with E-state index in [2.05, 4.69) is 24.3 Å². The van der Waals surface area contributed by atoms with Gasteiger partial charge in [-0.2, -0.15) is 5.10 Å². The summed E-state index contributed by atoms with van der Waals surface area (Å²) in [6.45, 7) is 7.63. The molecule has 0 bridgehead atoms. The first kappa shape index (κ1) is 17.2. The Bertz CT molecular complexity index is 597. The number of halogens is 1. The van der Waals surface area contributed by atoms with Crippen molar-refractivity contribution in [3.8, 4) is 11.5 Å². The van der Waals surface area contributed by atoms with Gasteiger partial charge in [0.15, 0.2) is 0 Å². The maximum absolute atomic E-state index is 9.74. The second-order valence-electron chi connectivity index (χ2n) is 5.41. The minimum Gasteiger partial charge on any atom is -0.508 e. The molecule has 0 aliphatic heterocycles. The summed E-state index contributed by atoms with van der Waals surface area (Å²) in [7, 11) is 0. The lowest BCUT2D eigenvalue weighted by Gasteiger charge is -2.07. The van der Waals surface area contributed by atoms with Gasteiger partial charge in [0.2, 0.25) is 0 Å². The fourth-order valence-electron chi connectivity index (χ4n) is 2.05. The number of aromatic hydroxyl groups is 2. The normalized spacial score (nSPS) is 10.5. The van der Waals surface area contributed by atoms with E-state index in [0.717, 1.165) is 23.5 Å². The molecule has 0 aliphatic rings. The first-order valence-electron chi connectivity index (χ1n) is 6.74. The van der Waals surface area contributed by atoms with E-state index in [-0.39, 0.29) is 23.9 Å². The van der Waals surface area contributed by atoms with Gasteiger partial charge in [0.25, 0.3) is 0 Å². The Balaban J connectivity index is 0.00000220. The van der Waals surface area contributed by atoms with Crippen LogP contribution in [0, 0.1) is 12.8 Å². The molecule has 6 heteroatoms. The van der Waals surface area contributed by atoms with Crippen molar-refractivity contribution in [3.63, 3.8) is 0 Å². The molecule has 0 atom stereocenters. The quantitative estimate of drug-likeness (QED) is 0.792. The Labute approximate surface area is 131 Å². The molecule has 1 aromatic heterocycles. The van der Waals surface area contributed by atoms with Crippen LogP contribution in [0.15, 0.2) is 24.4 Å². The van der Waals surface area contributed by atoms with Gasteiger partial charge in [-0.3, -0.25) is 4.68 Å². The monoisotopic (exact) mass is 311 g/mol. The van der Waals surface area contributed by atoms with Gasteiger partial charge in [-0.25, -0.2) is 0 Å². The van der Waals surface area contributed by atoms with E-state index in [1.807, 2.05) is 17.8 Å². The highest BCUT2D eigenvalue weighted by Crippen LogP contribution is 2.24. The zero-order valence-electron chi connectivity index (χ0n) is 12.5. The Morgan fingerprint density at radius 1 is 1.29 bits per heavy atom. The lowest BCUT2D eigenvalue weighted by Crippen LogP contribution is -2.04. The molecule has 0 amide bonds. The molecule has 0 spiro atoms. The van der Waals surface area contributed by atoms with Crippen LogP contribution in [0.4, 0.5) is 5.69 Å². The van der Waals surface area contributed by atoms with Crippen molar-refractivity contribution in [2.75, 3.05) is 5.32 Å². The number of phenols is 2. The summed E-state index contributed by atoms with van der Waals surface area (Å²) >= 11 is 0. The summed E-state index contributed by atoms with van der Waals surface area (Å²) in [6.07, 6.45) is 1.98. The standard InChI is InChI=1S/C15H21N3O2.ClH/c1-10(2)8-18-9-14(11(3)17-18)16-7-12-4-5-13(19)6-15(12)20;/h4-6,9-10,16,19-20H,7-8H2,1-3H3;1H. The molecule has 0 saturated carbocycles. The maximum atomic E-state index is 9.74. The van der Waals surface area contributed by atoms with Crippen molar-refractivity contribution < 1.29 is 10.2 Å². The maximum Gasteiger partial charge on any atom is 0.124 e. The third-order valence-electron chi connectivity index (χ3n) is 3.04. The van der Waals surface area contributed by atoms with Crippen molar-refractivity contribution in [3.05, 3.63) is 35.7 Å². The largest absolute Gasteiger partial charge is 0.508 e. The van der Waals surface area contributed by atoms with Gasteiger partial charge in [0.05, 0.1) is 11.4 Å². The highest BCUT2D eigenvalue weighted by Gasteiger charge is 2.07. The summed E-state index contributed by atoms with van der Waals surface area (Å²) in [5.41, 5.74) is 2.63. The molecule has 1 heterocycles. The third kappa shape index (κ3) is 4.56. The highest BCUT2D eigenvalue weighted by atomic mass is 35.5. The van der Waals surface area contributed by atoms with Gasteiger partial charge in [0, 0.05) is 30.9 Å². The number of nitrogens with zero attached hydrogens (tertiary/aromatic N) is 2. The molecule has 21 heavy (non-hydrogen) atoms. The van der Waals surface area contributed by atoms with Crippen LogP contribution in [-0.4, -0.2) is 20.0 Å². The lowest BCUT2D eigenvalue weighted by molar-refractivity contribution is 0.446. The average Bonchev–Trinajstić information content (AvgIpc) is 2.67. The topological polar surface area (TPSA) is 70.3 Å². The predicted molar refractivity (Wildman–Crippen MR) is 86.1 cm³/mol. The molecule has 5 nitrogen and oxygen atoms in total. The molecule has 0 unspecified atom stereocenters. The van der Waals surface area contributed by atoms with Crippen molar-refractivity contribution in [1.82, 2.24) is 9.78 Å². The van der Waals surface area contributed by atoms with E-state index in [0.29, 0.717) is 12.5 Å². The number of rotatable bonds is 5. The van der Waals surface area contributed by atoms with E-state index in [9.17, 15) is 10.2 Å². The third-order valence-corrected chi connectivity index (χ3v) is 3.04. The SMILES string of the molecule is Cc1nn(CC(C)C)cc1NCc1ccc(O)cc1O.Cl. The van der Waals surface area contributed by atoms with Crippen molar-refractivity contribution in [1.29, 1.82) is 0 Å². The molecule has 0 fully saturated rings. The Kier molecular flexibility index (Phi) is 5.90. The molecular weight excluding hydrogens is 290 g/mol. The molecule has 0 aliphatic carbocycles. The van der Waals surface area contributed by atoms with E-state index in [1.54, 1.807) is 12.1 Å². The summed E-state index contributed by atoms with van der Waals surface area (Å²) in [4.78, 5) is 0. The van der Waals surface area contributed by atoms with Gasteiger partial charge in [-0.15, -0.1) is 12.4 Å². The van der Waals surface area contributed by atoms with Crippen LogP contribution in [0.25, 0.3) is 0 Å². The Hall–Kier alpha value is -1.88. The summed E-state index contributed by atoms with van der Waals surface area (Å²) in [5, 5.41) is 26.7. The first-order chi connectivity index (χ1) is 9.45. The fourth-order valence-corrected chi connectivity index (χ4v) is 2.05. The van der Waals surface area contributed by atoms with Crippen LogP contribution in [0.5, 0.6) is 11.5 Å². The minimum atomic E-state index is 0. The number of benzene rings is 1. The van der Waals surface area contributed by atoms with Crippen LogP contribution >= 0.6 is 12.4 Å². The molecular formula is C15H22ClN3O2. The zero-order chi connectivity index (χ0) is 14.7. The Morgan fingerprint density at radius 2 is 2.00 bits per heavy atom. The van der Waals surface area contributed by atoms with Crippen molar-refractivity contribution in [2.24, 2.45) is 5.92 Å². The predicted octanol–water partition coefficient (Wildman–Crippen LogP) is 3.29. The molecule has 3 N–H and O–H groups in total. The summed E-state index contributed by atoms with van der Waals surface area (Å²) in [6, 6.07) is 4.60. The number of phenolic OH excluding ortho intramolecular Hbond substituents is 2.